The van der Waals surface area contributed by atoms with E-state index in [1.54, 1.807) is 30.3 Å². The molecule has 0 unspecified atom stereocenters. The molecule has 0 radical (unpaired) electrons. The van der Waals surface area contributed by atoms with E-state index in [1.807, 2.05) is 50.2 Å². The van der Waals surface area contributed by atoms with E-state index in [2.05, 4.69) is 5.32 Å². The Balaban J connectivity index is 2.16. The van der Waals surface area contributed by atoms with Gasteiger partial charge in [0.1, 0.15) is 5.70 Å². The molecule has 27 heavy (non-hydrogen) atoms. The number of carbonyl (C=O) groups is 2. The third kappa shape index (κ3) is 6.38. The van der Waals surface area contributed by atoms with Crippen molar-refractivity contribution in [3.8, 4) is 0 Å². The van der Waals surface area contributed by atoms with Gasteiger partial charge in [-0.2, -0.15) is 0 Å². The summed E-state index contributed by atoms with van der Waals surface area (Å²) in [5, 5.41) is 2.64. The summed E-state index contributed by atoms with van der Waals surface area (Å²) in [6.45, 7) is 4.38. The van der Waals surface area contributed by atoms with E-state index in [9.17, 15) is 9.59 Å². The van der Waals surface area contributed by atoms with Crippen molar-refractivity contribution in [2.45, 2.75) is 26.6 Å². The van der Waals surface area contributed by atoms with E-state index in [-0.39, 0.29) is 23.6 Å². The van der Waals surface area contributed by atoms with Gasteiger partial charge in [-0.1, -0.05) is 62.4 Å². The molecule has 1 amide bonds. The standard InChI is InChI=1S/C22H25NO4/c1-16(2)20(27-15-17-10-6-4-7-11-17)14-19(22(25)26-3)23-21(24)18-12-8-5-9-13-18/h4-14,16,20H,15H2,1-3H3,(H,23,24)/b19-14-/t20-/m0/s1. The number of amides is 1. The van der Waals surface area contributed by atoms with Gasteiger partial charge < -0.3 is 14.8 Å². The van der Waals surface area contributed by atoms with Crippen molar-refractivity contribution in [3.63, 3.8) is 0 Å². The lowest BCUT2D eigenvalue weighted by atomic mass is 10.1. The highest BCUT2D eigenvalue weighted by Crippen LogP contribution is 2.14. The third-order valence-corrected chi connectivity index (χ3v) is 3.96. The average Bonchev–Trinajstić information content (AvgIpc) is 2.70. The van der Waals surface area contributed by atoms with Gasteiger partial charge in [0, 0.05) is 5.56 Å². The number of nitrogens with one attached hydrogen (secondary N) is 1. The summed E-state index contributed by atoms with van der Waals surface area (Å²) in [7, 11) is 1.28. The van der Waals surface area contributed by atoms with Crippen molar-refractivity contribution in [3.05, 3.63) is 83.6 Å². The van der Waals surface area contributed by atoms with Crippen LogP contribution in [0.4, 0.5) is 0 Å². The van der Waals surface area contributed by atoms with Gasteiger partial charge in [0.2, 0.25) is 0 Å². The van der Waals surface area contributed by atoms with Gasteiger partial charge in [-0.3, -0.25) is 4.79 Å². The fraction of sp³-hybridized carbons (Fsp3) is 0.273. The summed E-state index contributed by atoms with van der Waals surface area (Å²) in [5.41, 5.74) is 1.56. The Hall–Kier alpha value is -2.92. The predicted octanol–water partition coefficient (Wildman–Crippen LogP) is 3.71. The molecule has 0 saturated carbocycles. The lowest BCUT2D eigenvalue weighted by Gasteiger charge is -2.20. The maximum Gasteiger partial charge on any atom is 0.354 e. The quantitative estimate of drug-likeness (QED) is 0.571. The number of rotatable bonds is 8. The predicted molar refractivity (Wildman–Crippen MR) is 104 cm³/mol. The highest BCUT2D eigenvalue weighted by molar-refractivity contribution is 6.01. The van der Waals surface area contributed by atoms with E-state index in [0.717, 1.165) is 5.56 Å². The molecular weight excluding hydrogens is 342 g/mol. The maximum atomic E-state index is 12.4. The minimum absolute atomic E-state index is 0.0677. The molecular formula is C22H25NO4. The lowest BCUT2D eigenvalue weighted by Crippen LogP contribution is -2.30. The molecule has 142 valence electrons. The number of hydrogen-bond acceptors (Lipinski definition) is 4. The third-order valence-electron chi connectivity index (χ3n) is 3.96. The van der Waals surface area contributed by atoms with E-state index < -0.39 is 5.97 Å². The number of methoxy groups -OCH3 is 1. The molecule has 0 fully saturated rings. The lowest BCUT2D eigenvalue weighted by molar-refractivity contribution is -0.136. The normalized spacial score (nSPS) is 12.5. The fourth-order valence-corrected chi connectivity index (χ4v) is 2.42. The highest BCUT2D eigenvalue weighted by Gasteiger charge is 2.19. The topological polar surface area (TPSA) is 64.6 Å². The molecule has 0 bridgehead atoms. The van der Waals surface area contributed by atoms with Crippen molar-refractivity contribution in [1.82, 2.24) is 5.32 Å². The summed E-state index contributed by atoms with van der Waals surface area (Å²) >= 11 is 0. The molecule has 0 spiro atoms. The fourth-order valence-electron chi connectivity index (χ4n) is 2.42. The molecule has 5 heteroatoms. The number of benzene rings is 2. The molecule has 0 aromatic heterocycles. The summed E-state index contributed by atoms with van der Waals surface area (Å²) in [6.07, 6.45) is 1.25. The molecule has 0 heterocycles. The molecule has 0 saturated heterocycles. The Kier molecular flexibility index (Phi) is 7.77. The Morgan fingerprint density at radius 2 is 1.59 bits per heavy atom. The van der Waals surface area contributed by atoms with Gasteiger partial charge in [-0.25, -0.2) is 4.79 Å². The van der Waals surface area contributed by atoms with Crippen molar-refractivity contribution < 1.29 is 19.1 Å². The number of hydrogen-bond donors (Lipinski definition) is 1. The van der Waals surface area contributed by atoms with Crippen molar-refractivity contribution in [1.29, 1.82) is 0 Å². The molecule has 2 aromatic rings. The van der Waals surface area contributed by atoms with Crippen molar-refractivity contribution >= 4 is 11.9 Å². The largest absolute Gasteiger partial charge is 0.464 e. The van der Waals surface area contributed by atoms with Crippen LogP contribution in [0.1, 0.15) is 29.8 Å². The van der Waals surface area contributed by atoms with Gasteiger partial charge >= 0.3 is 5.97 Å². The summed E-state index contributed by atoms with van der Waals surface area (Å²) < 4.78 is 10.8. The Bertz CT molecular complexity index is 769. The second kappa shape index (κ2) is 10.3. The molecule has 0 aliphatic carbocycles. The zero-order chi connectivity index (χ0) is 19.6. The van der Waals surface area contributed by atoms with Crippen molar-refractivity contribution in [2.24, 2.45) is 5.92 Å². The van der Waals surface area contributed by atoms with Crippen LogP contribution < -0.4 is 5.32 Å². The van der Waals surface area contributed by atoms with Gasteiger partial charge in [0.25, 0.3) is 5.91 Å². The number of ether oxygens (including phenoxy) is 2. The molecule has 5 nitrogen and oxygen atoms in total. The summed E-state index contributed by atoms with van der Waals surface area (Å²) in [6, 6.07) is 18.5. The molecule has 2 aromatic carbocycles. The van der Waals surface area contributed by atoms with E-state index in [1.165, 1.54) is 7.11 Å². The SMILES string of the molecule is COC(=O)/C(=C/[C@H](OCc1ccccc1)C(C)C)NC(=O)c1ccccc1. The van der Waals surface area contributed by atoms with Crippen LogP contribution in [0.5, 0.6) is 0 Å². The van der Waals surface area contributed by atoms with E-state index >= 15 is 0 Å². The average molecular weight is 367 g/mol. The molecule has 2 rings (SSSR count). The van der Waals surface area contributed by atoms with Crippen LogP contribution in [0.25, 0.3) is 0 Å². The van der Waals surface area contributed by atoms with Gasteiger partial charge in [0.05, 0.1) is 19.8 Å². The first-order valence-electron chi connectivity index (χ1n) is 8.83. The molecule has 1 N–H and O–H groups in total. The van der Waals surface area contributed by atoms with Crippen molar-refractivity contribution in [2.75, 3.05) is 7.11 Å². The minimum Gasteiger partial charge on any atom is -0.464 e. The zero-order valence-electron chi connectivity index (χ0n) is 15.8. The van der Waals surface area contributed by atoms with E-state index in [0.29, 0.717) is 12.2 Å². The van der Waals surface area contributed by atoms with Crippen LogP contribution in [-0.2, 0) is 20.9 Å². The first kappa shape index (κ1) is 20.4. The van der Waals surface area contributed by atoms with Gasteiger partial charge in [-0.05, 0) is 29.7 Å². The molecule has 0 aliphatic heterocycles. The Morgan fingerprint density at radius 1 is 1.00 bits per heavy atom. The first-order valence-corrected chi connectivity index (χ1v) is 8.83. The number of esters is 1. The van der Waals surface area contributed by atoms with E-state index in [4.69, 9.17) is 9.47 Å². The van der Waals surface area contributed by atoms with Crippen LogP contribution in [0.2, 0.25) is 0 Å². The minimum atomic E-state index is -0.617. The Morgan fingerprint density at radius 3 is 2.15 bits per heavy atom. The monoisotopic (exact) mass is 367 g/mol. The van der Waals surface area contributed by atoms with Crippen LogP contribution in [0.15, 0.2) is 72.4 Å². The first-order chi connectivity index (χ1) is 13.0. The highest BCUT2D eigenvalue weighted by atomic mass is 16.5. The van der Waals surface area contributed by atoms with Gasteiger partial charge in [-0.15, -0.1) is 0 Å². The van der Waals surface area contributed by atoms with Crippen LogP contribution in [0.3, 0.4) is 0 Å². The smallest absolute Gasteiger partial charge is 0.354 e. The van der Waals surface area contributed by atoms with Gasteiger partial charge in [0.15, 0.2) is 0 Å². The maximum absolute atomic E-state index is 12.4. The number of carbonyl (C=O) groups excluding carboxylic acids is 2. The Labute approximate surface area is 160 Å². The molecule has 1 atom stereocenters. The summed E-state index contributed by atoms with van der Waals surface area (Å²) in [4.78, 5) is 24.6. The summed E-state index contributed by atoms with van der Waals surface area (Å²) in [5.74, 6) is -0.895. The molecule has 0 aliphatic rings. The van der Waals surface area contributed by atoms with Crippen LogP contribution >= 0.6 is 0 Å². The second-order valence-corrected chi connectivity index (χ2v) is 6.40. The zero-order valence-corrected chi connectivity index (χ0v) is 15.8. The van der Waals surface area contributed by atoms with Crippen LogP contribution in [0, 0.1) is 5.92 Å². The van der Waals surface area contributed by atoms with Crippen LogP contribution in [-0.4, -0.2) is 25.1 Å². The second-order valence-electron chi connectivity index (χ2n) is 6.40.